The van der Waals surface area contributed by atoms with E-state index in [0.717, 1.165) is 49.5 Å². The van der Waals surface area contributed by atoms with E-state index in [1.807, 2.05) is 6.92 Å². The summed E-state index contributed by atoms with van der Waals surface area (Å²) in [5.74, 6) is -0.431. The van der Waals surface area contributed by atoms with E-state index in [4.69, 9.17) is 4.74 Å². The number of ether oxygens (including phenoxy) is 1. The molecule has 1 unspecified atom stereocenters. The van der Waals surface area contributed by atoms with Crippen molar-refractivity contribution < 1.29 is 22.7 Å². The number of morpholine rings is 1. The zero-order valence-electron chi connectivity index (χ0n) is 16.2. The molecule has 10 heteroatoms. The molecule has 1 N–H and O–H groups in total. The van der Waals surface area contributed by atoms with E-state index < -0.39 is 17.8 Å². The maximum atomic E-state index is 13.5. The molecule has 29 heavy (non-hydrogen) atoms. The molecule has 2 fully saturated rings. The number of amides is 1. The molecule has 1 saturated heterocycles. The molecule has 2 aromatic rings. The molecule has 0 aromatic carbocycles. The van der Waals surface area contributed by atoms with Crippen LogP contribution < -0.4 is 5.32 Å². The van der Waals surface area contributed by atoms with Gasteiger partial charge in [0.2, 0.25) is 0 Å². The molecule has 1 aliphatic carbocycles. The number of hydrogen-bond acceptors (Lipinski definition) is 5. The Morgan fingerprint density at radius 1 is 1.31 bits per heavy atom. The molecule has 0 spiro atoms. The van der Waals surface area contributed by atoms with Gasteiger partial charge in [0.15, 0.2) is 11.3 Å². The van der Waals surface area contributed by atoms with Crippen molar-refractivity contribution in [2.75, 3.05) is 32.8 Å². The lowest BCUT2D eigenvalue weighted by molar-refractivity contribution is -0.142. The van der Waals surface area contributed by atoms with Gasteiger partial charge in [0.1, 0.15) is 5.69 Å². The van der Waals surface area contributed by atoms with E-state index in [9.17, 15) is 18.0 Å². The molecular formula is C19H24F3N5O2. The van der Waals surface area contributed by atoms with E-state index in [0.29, 0.717) is 18.9 Å². The largest absolute Gasteiger partial charge is 0.433 e. The number of nitrogens with zero attached hydrogens (tertiary/aromatic N) is 4. The Labute approximate surface area is 166 Å². The van der Waals surface area contributed by atoms with Gasteiger partial charge in [-0.15, -0.1) is 0 Å². The minimum atomic E-state index is -4.57. The average molecular weight is 411 g/mol. The topological polar surface area (TPSA) is 71.8 Å². The van der Waals surface area contributed by atoms with Gasteiger partial charge in [-0.2, -0.15) is 18.3 Å². The zero-order valence-corrected chi connectivity index (χ0v) is 16.2. The fraction of sp³-hybridized carbons (Fsp3) is 0.632. The number of aromatic nitrogens is 3. The van der Waals surface area contributed by atoms with Gasteiger partial charge in [-0.3, -0.25) is 9.69 Å². The number of hydrogen-bond donors (Lipinski definition) is 1. The van der Waals surface area contributed by atoms with E-state index in [1.54, 1.807) is 0 Å². The van der Waals surface area contributed by atoms with Crippen LogP contribution in [0.25, 0.3) is 5.65 Å². The summed E-state index contributed by atoms with van der Waals surface area (Å²) in [4.78, 5) is 19.1. The smallest absolute Gasteiger partial charge is 0.379 e. The first-order chi connectivity index (χ1) is 13.8. The zero-order chi connectivity index (χ0) is 20.6. The van der Waals surface area contributed by atoms with Crippen LogP contribution in [0.3, 0.4) is 0 Å². The molecule has 1 saturated carbocycles. The van der Waals surface area contributed by atoms with Gasteiger partial charge < -0.3 is 10.1 Å². The highest BCUT2D eigenvalue weighted by atomic mass is 19.4. The van der Waals surface area contributed by atoms with Gasteiger partial charge >= 0.3 is 6.18 Å². The Balaban J connectivity index is 1.47. The summed E-state index contributed by atoms with van der Waals surface area (Å²) in [6.07, 6.45) is -2.17. The minimum absolute atomic E-state index is 0.0489. The van der Waals surface area contributed by atoms with Crippen LogP contribution >= 0.6 is 0 Å². The van der Waals surface area contributed by atoms with Crippen LogP contribution in [0.15, 0.2) is 12.1 Å². The maximum Gasteiger partial charge on any atom is 0.433 e. The normalized spacial score (nSPS) is 19.4. The number of alkyl halides is 3. The lowest BCUT2D eigenvalue weighted by atomic mass is 10.2. The highest BCUT2D eigenvalue weighted by Crippen LogP contribution is 2.41. The SMILES string of the molecule is CC(CCN1CCOCC1)NC(=O)c1cc2nc(C3CC3)cc(C(F)(F)F)n2n1. The van der Waals surface area contributed by atoms with Crippen LogP contribution in [0, 0.1) is 0 Å². The van der Waals surface area contributed by atoms with Crippen molar-refractivity contribution in [1.82, 2.24) is 24.8 Å². The Hall–Kier alpha value is -2.20. The van der Waals surface area contributed by atoms with Crippen molar-refractivity contribution in [1.29, 1.82) is 0 Å². The molecule has 1 aliphatic heterocycles. The van der Waals surface area contributed by atoms with Gasteiger partial charge in [0, 0.05) is 43.4 Å². The number of rotatable bonds is 6. The summed E-state index contributed by atoms with van der Waals surface area (Å²) in [5, 5.41) is 6.72. The highest BCUT2D eigenvalue weighted by Gasteiger charge is 2.37. The first-order valence-corrected chi connectivity index (χ1v) is 9.90. The molecule has 0 bridgehead atoms. The monoisotopic (exact) mass is 411 g/mol. The predicted molar refractivity (Wildman–Crippen MR) is 98.8 cm³/mol. The molecule has 2 aromatic heterocycles. The minimum Gasteiger partial charge on any atom is -0.379 e. The molecule has 0 radical (unpaired) electrons. The second-order valence-electron chi connectivity index (χ2n) is 7.76. The summed E-state index contributed by atoms with van der Waals surface area (Å²) >= 11 is 0. The maximum absolute atomic E-state index is 13.5. The molecule has 3 heterocycles. The molecular weight excluding hydrogens is 387 g/mol. The fourth-order valence-corrected chi connectivity index (χ4v) is 3.47. The summed E-state index contributed by atoms with van der Waals surface area (Å²) in [6.45, 7) is 5.84. The number of carbonyl (C=O) groups is 1. The fourth-order valence-electron chi connectivity index (χ4n) is 3.47. The third-order valence-corrected chi connectivity index (χ3v) is 5.33. The van der Waals surface area contributed by atoms with Crippen molar-refractivity contribution in [3.05, 3.63) is 29.2 Å². The third-order valence-electron chi connectivity index (χ3n) is 5.33. The van der Waals surface area contributed by atoms with Crippen molar-refractivity contribution in [2.24, 2.45) is 0 Å². The lowest BCUT2D eigenvalue weighted by Gasteiger charge is -2.27. The Kier molecular flexibility index (Phi) is 5.48. The number of carbonyl (C=O) groups excluding carboxylic acids is 1. The number of nitrogens with one attached hydrogen (secondary N) is 1. The Morgan fingerprint density at radius 2 is 2.03 bits per heavy atom. The van der Waals surface area contributed by atoms with Gasteiger partial charge in [-0.25, -0.2) is 9.50 Å². The Morgan fingerprint density at radius 3 is 2.69 bits per heavy atom. The summed E-state index contributed by atoms with van der Waals surface area (Å²) in [5.41, 5.74) is -0.499. The van der Waals surface area contributed by atoms with Crippen molar-refractivity contribution in [2.45, 2.75) is 44.3 Å². The van der Waals surface area contributed by atoms with E-state index in [-0.39, 0.29) is 23.3 Å². The average Bonchev–Trinajstić information content (AvgIpc) is 3.44. The quantitative estimate of drug-likeness (QED) is 0.791. The standard InChI is InChI=1S/C19H24F3N5O2/c1-12(4-5-26-6-8-29-9-7-26)23-18(28)15-11-17-24-14(13-2-3-13)10-16(19(20,21)22)27(17)25-15/h10-13H,2-9H2,1H3,(H,23,28). The molecule has 4 rings (SSSR count). The highest BCUT2D eigenvalue weighted by molar-refractivity contribution is 5.93. The molecule has 1 amide bonds. The first-order valence-electron chi connectivity index (χ1n) is 9.90. The van der Waals surface area contributed by atoms with E-state index in [2.05, 4.69) is 20.3 Å². The second kappa shape index (κ2) is 7.91. The number of fused-ring (bicyclic) bond motifs is 1. The molecule has 158 valence electrons. The summed E-state index contributed by atoms with van der Waals surface area (Å²) in [6, 6.07) is 2.24. The van der Waals surface area contributed by atoms with Crippen LogP contribution in [0.2, 0.25) is 0 Å². The molecule has 7 nitrogen and oxygen atoms in total. The first kappa shape index (κ1) is 20.1. The van der Waals surface area contributed by atoms with Gasteiger partial charge in [-0.1, -0.05) is 0 Å². The van der Waals surface area contributed by atoms with Crippen molar-refractivity contribution in [3.63, 3.8) is 0 Å². The second-order valence-corrected chi connectivity index (χ2v) is 7.76. The van der Waals surface area contributed by atoms with Crippen LogP contribution in [0.5, 0.6) is 0 Å². The predicted octanol–water partition coefficient (Wildman–Crippen LogP) is 2.47. The van der Waals surface area contributed by atoms with Crippen LogP contribution in [-0.4, -0.2) is 64.3 Å². The van der Waals surface area contributed by atoms with Gasteiger partial charge in [-0.05, 0) is 32.3 Å². The van der Waals surface area contributed by atoms with Crippen LogP contribution in [-0.2, 0) is 10.9 Å². The van der Waals surface area contributed by atoms with Crippen molar-refractivity contribution in [3.8, 4) is 0 Å². The van der Waals surface area contributed by atoms with E-state index >= 15 is 0 Å². The number of halogens is 3. The van der Waals surface area contributed by atoms with Gasteiger partial charge in [0.05, 0.1) is 13.2 Å². The Bertz CT molecular complexity index is 888. The van der Waals surface area contributed by atoms with E-state index in [1.165, 1.54) is 6.07 Å². The third kappa shape index (κ3) is 4.69. The lowest BCUT2D eigenvalue weighted by Crippen LogP contribution is -2.40. The van der Waals surface area contributed by atoms with Crippen LogP contribution in [0.1, 0.15) is 54.0 Å². The molecule has 1 atom stereocenters. The van der Waals surface area contributed by atoms with Crippen molar-refractivity contribution >= 4 is 11.6 Å². The van der Waals surface area contributed by atoms with Crippen LogP contribution in [0.4, 0.5) is 13.2 Å². The molecule has 2 aliphatic rings. The van der Waals surface area contributed by atoms with Gasteiger partial charge in [0.25, 0.3) is 5.91 Å². The summed E-state index contributed by atoms with van der Waals surface area (Å²) in [7, 11) is 0. The summed E-state index contributed by atoms with van der Waals surface area (Å²) < 4.78 is 46.5.